The van der Waals surface area contributed by atoms with Crippen molar-refractivity contribution in [2.24, 2.45) is 0 Å². The average Bonchev–Trinajstić information content (AvgIpc) is 2.66. The number of ether oxygens (including phenoxy) is 3. The molecule has 2 aromatic carbocycles. The van der Waals surface area contributed by atoms with Crippen molar-refractivity contribution in [1.82, 2.24) is 10.2 Å². The lowest BCUT2D eigenvalue weighted by molar-refractivity contribution is 0.0497. The zero-order valence-corrected chi connectivity index (χ0v) is 19.2. The summed E-state index contributed by atoms with van der Waals surface area (Å²) in [6, 6.07) is 13.7. The van der Waals surface area contributed by atoms with E-state index in [0.717, 1.165) is 5.56 Å². The van der Waals surface area contributed by atoms with Gasteiger partial charge in [0, 0.05) is 25.5 Å². The number of nitrogens with zero attached hydrogens (tertiary/aromatic N) is 1. The molecule has 2 amide bonds. The van der Waals surface area contributed by atoms with Crippen molar-refractivity contribution in [3.05, 3.63) is 59.1 Å². The highest BCUT2D eigenvalue weighted by atomic mass is 35.5. The Morgan fingerprint density at radius 2 is 1.74 bits per heavy atom. The van der Waals surface area contributed by atoms with Crippen molar-refractivity contribution in [3.8, 4) is 11.5 Å². The van der Waals surface area contributed by atoms with Gasteiger partial charge in [0.1, 0.15) is 17.1 Å². The number of carbonyl (C=O) groups is 2. The molecule has 0 aliphatic carbocycles. The minimum atomic E-state index is -0.615. The fourth-order valence-corrected chi connectivity index (χ4v) is 2.76. The van der Waals surface area contributed by atoms with Crippen molar-refractivity contribution in [2.45, 2.75) is 38.8 Å². The third kappa shape index (κ3) is 8.76. The van der Waals surface area contributed by atoms with Crippen molar-refractivity contribution < 1.29 is 23.8 Å². The second-order valence-corrected chi connectivity index (χ2v) is 8.56. The maximum absolute atomic E-state index is 12.3. The first kappa shape index (κ1) is 24.3. The van der Waals surface area contributed by atoms with Gasteiger partial charge < -0.3 is 24.4 Å². The van der Waals surface area contributed by atoms with Crippen LogP contribution in [-0.2, 0) is 4.74 Å². The Labute approximate surface area is 188 Å². The quantitative estimate of drug-likeness (QED) is 0.610. The molecule has 8 heteroatoms. The Hall–Kier alpha value is -2.93. The molecule has 0 unspecified atom stereocenters. The molecule has 1 N–H and O–H groups in total. The molecule has 0 spiro atoms. The van der Waals surface area contributed by atoms with Crippen LogP contribution in [0.25, 0.3) is 0 Å². The number of hydrogen-bond donors (Lipinski definition) is 1. The van der Waals surface area contributed by atoms with Gasteiger partial charge in [0.25, 0.3) is 0 Å². The van der Waals surface area contributed by atoms with E-state index in [4.69, 9.17) is 25.8 Å². The molecule has 0 saturated heterocycles. The van der Waals surface area contributed by atoms with Gasteiger partial charge in [-0.05, 0) is 56.7 Å². The van der Waals surface area contributed by atoms with E-state index in [-0.39, 0.29) is 6.04 Å². The molecule has 0 radical (unpaired) electrons. The standard InChI is InChI=1S/C23H29ClN2O5/c1-23(2,3)31-21(27)25-20(13-14-29-19-8-6-7-17(24)15-19)16-9-11-18(12-10-16)30-22(28)26(4)5/h6-12,15,20H,13-14H2,1-5H3,(H,25,27)/t20-/m1/s1. The fourth-order valence-electron chi connectivity index (χ4n) is 2.58. The predicted molar refractivity (Wildman–Crippen MR) is 120 cm³/mol. The van der Waals surface area contributed by atoms with Gasteiger partial charge in [0.15, 0.2) is 0 Å². The van der Waals surface area contributed by atoms with Gasteiger partial charge in [-0.3, -0.25) is 0 Å². The topological polar surface area (TPSA) is 77.1 Å². The molecular weight excluding hydrogens is 420 g/mol. The Balaban J connectivity index is 2.08. The number of nitrogens with one attached hydrogen (secondary N) is 1. The van der Waals surface area contributed by atoms with Gasteiger partial charge in [0.05, 0.1) is 12.6 Å². The molecule has 0 fully saturated rings. The average molecular weight is 449 g/mol. The summed E-state index contributed by atoms with van der Waals surface area (Å²) in [7, 11) is 3.22. The molecule has 1 atom stereocenters. The number of halogens is 1. The second-order valence-electron chi connectivity index (χ2n) is 8.12. The molecule has 0 aliphatic heterocycles. The number of carbonyl (C=O) groups excluding carboxylic acids is 2. The summed E-state index contributed by atoms with van der Waals surface area (Å²) in [5, 5.41) is 3.47. The first-order valence-corrected chi connectivity index (χ1v) is 10.3. The molecule has 0 heterocycles. The van der Waals surface area contributed by atoms with Crippen LogP contribution in [0.2, 0.25) is 5.02 Å². The van der Waals surface area contributed by atoms with E-state index in [0.29, 0.717) is 29.5 Å². The minimum absolute atomic E-state index is 0.345. The maximum atomic E-state index is 12.3. The van der Waals surface area contributed by atoms with Crippen LogP contribution in [0.5, 0.6) is 11.5 Å². The zero-order valence-electron chi connectivity index (χ0n) is 18.5. The molecule has 0 saturated carbocycles. The normalized spacial score (nSPS) is 11.9. The molecule has 7 nitrogen and oxygen atoms in total. The molecular formula is C23H29ClN2O5. The summed E-state index contributed by atoms with van der Waals surface area (Å²) < 4.78 is 16.4. The number of rotatable bonds is 7. The lowest BCUT2D eigenvalue weighted by atomic mass is 10.0. The molecule has 2 aromatic rings. The van der Waals surface area contributed by atoms with E-state index in [1.54, 1.807) is 71.3 Å². The van der Waals surface area contributed by atoms with Crippen LogP contribution >= 0.6 is 11.6 Å². The largest absolute Gasteiger partial charge is 0.493 e. The lowest BCUT2D eigenvalue weighted by Gasteiger charge is -2.24. The van der Waals surface area contributed by atoms with Gasteiger partial charge in [-0.15, -0.1) is 0 Å². The fraction of sp³-hybridized carbons (Fsp3) is 0.391. The van der Waals surface area contributed by atoms with E-state index in [1.807, 2.05) is 12.1 Å². The van der Waals surface area contributed by atoms with Gasteiger partial charge in [0.2, 0.25) is 0 Å². The van der Waals surface area contributed by atoms with E-state index in [1.165, 1.54) is 4.90 Å². The Morgan fingerprint density at radius 3 is 2.32 bits per heavy atom. The van der Waals surface area contributed by atoms with Crippen LogP contribution in [-0.4, -0.2) is 43.4 Å². The summed E-state index contributed by atoms with van der Waals surface area (Å²) in [5.41, 5.74) is 0.209. The van der Waals surface area contributed by atoms with Crippen LogP contribution in [0.3, 0.4) is 0 Å². The highest BCUT2D eigenvalue weighted by molar-refractivity contribution is 6.30. The number of hydrogen-bond acceptors (Lipinski definition) is 5. The maximum Gasteiger partial charge on any atom is 0.414 e. The van der Waals surface area contributed by atoms with E-state index >= 15 is 0 Å². The van der Waals surface area contributed by atoms with E-state index in [9.17, 15) is 9.59 Å². The molecule has 0 bridgehead atoms. The SMILES string of the molecule is CN(C)C(=O)Oc1ccc([C@@H](CCOc2cccc(Cl)c2)NC(=O)OC(C)(C)C)cc1. The van der Waals surface area contributed by atoms with Crippen LogP contribution in [0.1, 0.15) is 38.8 Å². The molecule has 0 aliphatic rings. The number of benzene rings is 2. The number of alkyl carbamates (subject to hydrolysis) is 1. The Bertz CT molecular complexity index is 878. The summed E-state index contributed by atoms with van der Waals surface area (Å²) in [5.74, 6) is 1.06. The van der Waals surface area contributed by atoms with Gasteiger partial charge >= 0.3 is 12.2 Å². The van der Waals surface area contributed by atoms with Crippen LogP contribution in [0.15, 0.2) is 48.5 Å². The predicted octanol–water partition coefficient (Wildman–Crippen LogP) is 5.44. The third-order valence-corrected chi connectivity index (χ3v) is 4.25. The van der Waals surface area contributed by atoms with Gasteiger partial charge in [-0.2, -0.15) is 0 Å². The minimum Gasteiger partial charge on any atom is -0.493 e. The number of amides is 2. The van der Waals surface area contributed by atoms with Gasteiger partial charge in [-0.25, -0.2) is 9.59 Å². The van der Waals surface area contributed by atoms with Crippen molar-refractivity contribution in [1.29, 1.82) is 0 Å². The Morgan fingerprint density at radius 1 is 1.06 bits per heavy atom. The molecule has 168 valence electrons. The monoisotopic (exact) mass is 448 g/mol. The molecule has 2 rings (SSSR count). The van der Waals surface area contributed by atoms with Crippen molar-refractivity contribution in [2.75, 3.05) is 20.7 Å². The first-order chi connectivity index (χ1) is 14.5. The molecule has 0 aromatic heterocycles. The summed E-state index contributed by atoms with van der Waals surface area (Å²) in [4.78, 5) is 25.4. The van der Waals surface area contributed by atoms with E-state index in [2.05, 4.69) is 5.32 Å². The van der Waals surface area contributed by atoms with Gasteiger partial charge in [-0.1, -0.05) is 29.8 Å². The van der Waals surface area contributed by atoms with Crippen molar-refractivity contribution in [3.63, 3.8) is 0 Å². The molecule has 31 heavy (non-hydrogen) atoms. The Kier molecular flexibility index (Phi) is 8.56. The second kappa shape index (κ2) is 10.9. The van der Waals surface area contributed by atoms with Crippen LogP contribution < -0.4 is 14.8 Å². The highest BCUT2D eigenvalue weighted by Gasteiger charge is 2.21. The lowest BCUT2D eigenvalue weighted by Crippen LogP contribution is -2.35. The van der Waals surface area contributed by atoms with E-state index < -0.39 is 17.8 Å². The zero-order chi connectivity index (χ0) is 23.0. The van der Waals surface area contributed by atoms with Crippen LogP contribution in [0, 0.1) is 0 Å². The smallest absolute Gasteiger partial charge is 0.414 e. The summed E-state index contributed by atoms with van der Waals surface area (Å²) >= 11 is 5.99. The van der Waals surface area contributed by atoms with Crippen molar-refractivity contribution >= 4 is 23.8 Å². The third-order valence-electron chi connectivity index (χ3n) is 4.02. The summed E-state index contributed by atoms with van der Waals surface area (Å²) in [6.07, 6.45) is -0.503. The highest BCUT2D eigenvalue weighted by Crippen LogP contribution is 2.23. The first-order valence-electron chi connectivity index (χ1n) is 9.90. The van der Waals surface area contributed by atoms with Crippen LogP contribution in [0.4, 0.5) is 9.59 Å². The summed E-state index contributed by atoms with van der Waals surface area (Å²) in [6.45, 7) is 5.76.